The average Bonchev–Trinajstić information content (AvgIpc) is 2.17. The first-order valence-electron chi connectivity index (χ1n) is 5.57. The van der Waals surface area contributed by atoms with Crippen molar-refractivity contribution in [1.29, 1.82) is 0 Å². The van der Waals surface area contributed by atoms with Gasteiger partial charge in [-0.1, -0.05) is 5.16 Å². The second-order valence-electron chi connectivity index (χ2n) is 4.09. The Bertz CT molecular complexity index is 307. The van der Waals surface area contributed by atoms with E-state index in [0.717, 1.165) is 37.2 Å². The molecule has 0 amide bonds. The zero-order valence-corrected chi connectivity index (χ0v) is 10.2. The molecule has 0 aromatic carbocycles. The summed E-state index contributed by atoms with van der Waals surface area (Å²) in [4.78, 5) is 15.6. The highest BCUT2D eigenvalue weighted by molar-refractivity contribution is 5.81. The molecule has 0 heterocycles. The molecule has 0 aromatic rings. The van der Waals surface area contributed by atoms with Crippen molar-refractivity contribution in [3.05, 3.63) is 11.8 Å². The van der Waals surface area contributed by atoms with E-state index >= 15 is 0 Å². The molecule has 16 heavy (non-hydrogen) atoms. The van der Waals surface area contributed by atoms with Crippen LogP contribution >= 0.6 is 0 Å². The van der Waals surface area contributed by atoms with Gasteiger partial charge in [0.15, 0.2) is 0 Å². The van der Waals surface area contributed by atoms with Gasteiger partial charge in [-0.15, -0.1) is 0 Å². The fourth-order valence-electron chi connectivity index (χ4n) is 1.97. The normalized spacial score (nSPS) is 21.3. The second kappa shape index (κ2) is 6.30. The van der Waals surface area contributed by atoms with E-state index in [1.165, 1.54) is 6.92 Å². The zero-order chi connectivity index (χ0) is 12.0. The van der Waals surface area contributed by atoms with Crippen LogP contribution in [0.3, 0.4) is 0 Å². The highest BCUT2D eigenvalue weighted by atomic mass is 16.6. The van der Waals surface area contributed by atoms with Crippen LogP contribution in [-0.2, 0) is 14.4 Å². The number of hydrogen-bond acceptors (Lipinski definition) is 4. The maximum absolute atomic E-state index is 10.8. The van der Waals surface area contributed by atoms with E-state index < -0.39 is 0 Å². The highest BCUT2D eigenvalue weighted by Crippen LogP contribution is 2.26. The molecule has 1 unspecified atom stereocenters. The number of oxime groups is 1. The Morgan fingerprint density at radius 3 is 2.94 bits per heavy atom. The Morgan fingerprint density at radius 2 is 2.31 bits per heavy atom. The molecule has 0 fully saturated rings. The van der Waals surface area contributed by atoms with Gasteiger partial charge in [-0.05, 0) is 38.2 Å². The molecule has 0 N–H and O–H groups in total. The summed E-state index contributed by atoms with van der Waals surface area (Å²) in [5.74, 6) is 0.963. The molecule has 4 heteroatoms. The van der Waals surface area contributed by atoms with Crippen LogP contribution in [-0.4, -0.2) is 18.8 Å². The van der Waals surface area contributed by atoms with Crippen LogP contribution in [0.15, 0.2) is 17.0 Å². The van der Waals surface area contributed by atoms with Gasteiger partial charge in [0.05, 0.1) is 5.71 Å². The number of rotatable bonds is 4. The van der Waals surface area contributed by atoms with Gasteiger partial charge in [-0.25, -0.2) is 0 Å². The number of esters is 1. The molecule has 0 aliphatic heterocycles. The summed E-state index contributed by atoms with van der Waals surface area (Å²) in [5, 5.41) is 3.88. The number of hydrogen-bond donors (Lipinski definition) is 0. The molecule has 1 rings (SSSR count). The van der Waals surface area contributed by atoms with Crippen molar-refractivity contribution in [2.24, 2.45) is 11.1 Å². The summed E-state index contributed by atoms with van der Waals surface area (Å²) in [6.07, 6.45) is 5.93. The van der Waals surface area contributed by atoms with Gasteiger partial charge in [-0.2, -0.15) is 0 Å². The molecular weight excluding hydrogens is 206 g/mol. The molecule has 0 saturated heterocycles. The molecule has 0 saturated carbocycles. The Morgan fingerprint density at radius 1 is 1.56 bits per heavy atom. The van der Waals surface area contributed by atoms with Crippen molar-refractivity contribution < 1.29 is 14.4 Å². The number of nitrogens with zero attached hydrogens (tertiary/aromatic N) is 1. The number of carbonyl (C=O) groups is 1. The third-order valence-corrected chi connectivity index (χ3v) is 2.50. The van der Waals surface area contributed by atoms with E-state index in [1.807, 2.05) is 13.0 Å². The first-order valence-corrected chi connectivity index (χ1v) is 5.57. The van der Waals surface area contributed by atoms with Gasteiger partial charge in [0.25, 0.3) is 0 Å². The summed E-state index contributed by atoms with van der Waals surface area (Å²) >= 11 is 0. The molecule has 1 atom stereocenters. The predicted octanol–water partition coefficient (Wildman–Crippen LogP) is 2.65. The van der Waals surface area contributed by atoms with E-state index in [4.69, 9.17) is 9.57 Å². The second-order valence-corrected chi connectivity index (χ2v) is 4.09. The quantitative estimate of drug-likeness (QED) is 0.420. The molecule has 90 valence electrons. The Balaban J connectivity index is 2.54. The van der Waals surface area contributed by atoms with E-state index in [2.05, 4.69) is 5.16 Å². The molecule has 4 nitrogen and oxygen atoms in total. The van der Waals surface area contributed by atoms with Crippen molar-refractivity contribution in [3.63, 3.8) is 0 Å². The maximum atomic E-state index is 10.8. The molecular formula is C12H19NO3. The summed E-state index contributed by atoms with van der Waals surface area (Å²) in [7, 11) is 1.55. The topological polar surface area (TPSA) is 47.9 Å². The predicted molar refractivity (Wildman–Crippen MR) is 61.9 cm³/mol. The van der Waals surface area contributed by atoms with Gasteiger partial charge in [0, 0.05) is 13.3 Å². The Labute approximate surface area is 96.3 Å². The summed E-state index contributed by atoms with van der Waals surface area (Å²) in [6.45, 7) is 3.37. The van der Waals surface area contributed by atoms with Crippen LogP contribution in [0.2, 0.25) is 0 Å². The number of allylic oxidation sites excluding steroid dienone is 2. The van der Waals surface area contributed by atoms with Gasteiger partial charge in [0.2, 0.25) is 0 Å². The Hall–Kier alpha value is -1.32. The standard InChI is InChI=1S/C12H19NO3/c1-9(13-15-3)7-11-5-4-6-12(8-11)16-10(2)14/h8,11H,4-7H2,1-3H3/b13-9+. The summed E-state index contributed by atoms with van der Waals surface area (Å²) < 4.78 is 5.11. The lowest BCUT2D eigenvalue weighted by molar-refractivity contribution is -0.137. The first-order chi connectivity index (χ1) is 7.61. The van der Waals surface area contributed by atoms with Crippen LogP contribution in [0.1, 0.15) is 39.5 Å². The Kier molecular flexibility index (Phi) is 5.02. The zero-order valence-electron chi connectivity index (χ0n) is 10.2. The average molecular weight is 225 g/mol. The number of carbonyl (C=O) groups excluding carboxylic acids is 1. The van der Waals surface area contributed by atoms with Gasteiger partial charge >= 0.3 is 5.97 Å². The summed E-state index contributed by atoms with van der Waals surface area (Å²) in [5.41, 5.74) is 0.966. The molecule has 1 aliphatic rings. The van der Waals surface area contributed by atoms with Crippen LogP contribution in [0.5, 0.6) is 0 Å². The number of ether oxygens (including phenoxy) is 1. The fourth-order valence-corrected chi connectivity index (χ4v) is 1.97. The van der Waals surface area contributed by atoms with Gasteiger partial charge in [0.1, 0.15) is 12.9 Å². The first kappa shape index (κ1) is 12.7. The molecule has 0 aromatic heterocycles. The van der Waals surface area contributed by atoms with Crippen molar-refractivity contribution in [2.45, 2.75) is 39.5 Å². The van der Waals surface area contributed by atoms with Crippen LogP contribution in [0.4, 0.5) is 0 Å². The van der Waals surface area contributed by atoms with Gasteiger partial charge < -0.3 is 9.57 Å². The lowest BCUT2D eigenvalue weighted by atomic mass is 9.90. The minimum Gasteiger partial charge on any atom is -0.432 e. The van der Waals surface area contributed by atoms with E-state index in [-0.39, 0.29) is 5.97 Å². The van der Waals surface area contributed by atoms with Crippen LogP contribution in [0, 0.1) is 5.92 Å². The van der Waals surface area contributed by atoms with Crippen molar-refractivity contribution in [3.8, 4) is 0 Å². The SMILES string of the molecule is CO/N=C(\C)CC1C=C(OC(C)=O)CCC1. The van der Waals surface area contributed by atoms with Crippen LogP contribution in [0.25, 0.3) is 0 Å². The third-order valence-electron chi connectivity index (χ3n) is 2.50. The fraction of sp³-hybridized carbons (Fsp3) is 0.667. The lowest BCUT2D eigenvalue weighted by Gasteiger charge is -2.19. The van der Waals surface area contributed by atoms with Gasteiger partial charge in [-0.3, -0.25) is 4.79 Å². The summed E-state index contributed by atoms with van der Waals surface area (Å²) in [6, 6.07) is 0. The van der Waals surface area contributed by atoms with Crippen molar-refractivity contribution in [2.75, 3.05) is 7.11 Å². The minimum atomic E-state index is -0.241. The smallest absolute Gasteiger partial charge is 0.307 e. The largest absolute Gasteiger partial charge is 0.432 e. The van der Waals surface area contributed by atoms with E-state index in [1.54, 1.807) is 7.11 Å². The molecule has 1 aliphatic carbocycles. The van der Waals surface area contributed by atoms with E-state index in [9.17, 15) is 4.79 Å². The highest BCUT2D eigenvalue weighted by Gasteiger charge is 2.16. The maximum Gasteiger partial charge on any atom is 0.307 e. The minimum absolute atomic E-state index is 0.241. The van der Waals surface area contributed by atoms with E-state index in [0.29, 0.717) is 5.92 Å². The lowest BCUT2D eigenvalue weighted by Crippen LogP contribution is -2.11. The molecule has 0 radical (unpaired) electrons. The van der Waals surface area contributed by atoms with Crippen molar-refractivity contribution in [1.82, 2.24) is 0 Å². The van der Waals surface area contributed by atoms with Crippen LogP contribution < -0.4 is 0 Å². The monoisotopic (exact) mass is 225 g/mol. The molecule has 0 spiro atoms. The third kappa shape index (κ3) is 4.47. The molecule has 0 bridgehead atoms. The van der Waals surface area contributed by atoms with Crippen molar-refractivity contribution >= 4 is 11.7 Å².